The van der Waals surface area contributed by atoms with Gasteiger partial charge in [0.2, 0.25) is 0 Å². The molecule has 0 fully saturated rings. The Labute approximate surface area is 262 Å². The maximum absolute atomic E-state index is 14.0. The minimum absolute atomic E-state index is 0.392. The zero-order valence-electron chi connectivity index (χ0n) is 25.2. The van der Waals surface area contributed by atoms with Gasteiger partial charge in [-0.25, -0.2) is 9.59 Å². The molecule has 0 spiro atoms. The van der Waals surface area contributed by atoms with E-state index in [9.17, 15) is 9.59 Å². The van der Waals surface area contributed by atoms with Crippen molar-refractivity contribution in [3.63, 3.8) is 0 Å². The van der Waals surface area contributed by atoms with Gasteiger partial charge in [0, 0.05) is 21.9 Å². The standard InChI is InChI=1S/C42H26O4/c1-23-35-27-13-5-3-11-25(27)19-21-33(35)45-41(43)37(23)39-29-15-7-9-17-31(29)40(32-18-10-8-16-30(32)39)38-24(2)36-28-14-6-4-12-26(28)20-22-34(36)46-42(38)44/h3-22H,1-2H3. The second-order valence-corrected chi connectivity index (χ2v) is 11.9. The third kappa shape index (κ3) is 3.61. The molecule has 218 valence electrons. The van der Waals surface area contributed by atoms with Crippen LogP contribution in [0.2, 0.25) is 0 Å². The molecule has 2 heterocycles. The first-order valence-electron chi connectivity index (χ1n) is 15.4. The minimum atomic E-state index is -0.392. The largest absolute Gasteiger partial charge is 0.422 e. The molecule has 46 heavy (non-hydrogen) atoms. The third-order valence-electron chi connectivity index (χ3n) is 9.53. The SMILES string of the molecule is Cc1c(-c2c3ccccc3c(-c3c(C)c4c(ccc5ccccc54)oc3=O)c3ccccc23)c(=O)oc2ccc3ccccc3c12. The first-order valence-corrected chi connectivity index (χ1v) is 15.4. The molecule has 0 saturated carbocycles. The Balaban J connectivity index is 1.47. The van der Waals surface area contributed by atoms with Crippen LogP contribution < -0.4 is 11.3 Å². The Hall–Kier alpha value is -6.00. The molecule has 9 aromatic rings. The van der Waals surface area contributed by atoms with Crippen LogP contribution >= 0.6 is 0 Å². The number of benzene rings is 7. The summed E-state index contributed by atoms with van der Waals surface area (Å²) < 4.78 is 12.1. The number of hydrogen-bond donors (Lipinski definition) is 0. The predicted octanol–water partition coefficient (Wildman–Crippen LogP) is 10.5. The Morgan fingerprint density at radius 2 is 0.696 bits per heavy atom. The lowest BCUT2D eigenvalue weighted by Gasteiger charge is -2.19. The summed E-state index contributed by atoms with van der Waals surface area (Å²) >= 11 is 0. The molecule has 0 amide bonds. The van der Waals surface area contributed by atoms with Gasteiger partial charge in [0.1, 0.15) is 11.2 Å². The Bertz CT molecular complexity index is 2620. The first kappa shape index (κ1) is 26.4. The van der Waals surface area contributed by atoms with Crippen molar-refractivity contribution in [2.75, 3.05) is 0 Å². The highest BCUT2D eigenvalue weighted by Crippen LogP contribution is 2.45. The second-order valence-electron chi connectivity index (χ2n) is 11.9. The summed E-state index contributed by atoms with van der Waals surface area (Å²) in [5.41, 5.74) is 4.70. The van der Waals surface area contributed by atoms with Crippen molar-refractivity contribution in [3.05, 3.63) is 153 Å². The van der Waals surface area contributed by atoms with E-state index in [2.05, 4.69) is 24.3 Å². The quantitative estimate of drug-likeness (QED) is 0.113. The van der Waals surface area contributed by atoms with Crippen LogP contribution in [0.4, 0.5) is 0 Å². The molecular weight excluding hydrogens is 568 g/mol. The van der Waals surface area contributed by atoms with Gasteiger partial charge in [0.05, 0.1) is 11.1 Å². The van der Waals surface area contributed by atoms with Crippen LogP contribution in [0.1, 0.15) is 11.1 Å². The Kier molecular flexibility index (Phi) is 5.60. The first-order chi connectivity index (χ1) is 22.5. The van der Waals surface area contributed by atoms with Gasteiger partial charge in [-0.05, 0) is 80.2 Å². The lowest BCUT2D eigenvalue weighted by Crippen LogP contribution is -2.09. The molecule has 9 rings (SSSR count). The number of fused-ring (bicyclic) bond motifs is 8. The highest BCUT2D eigenvalue weighted by Gasteiger charge is 2.25. The fourth-order valence-electron chi connectivity index (χ4n) is 7.55. The van der Waals surface area contributed by atoms with Gasteiger partial charge in [-0.1, -0.05) is 109 Å². The van der Waals surface area contributed by atoms with Gasteiger partial charge < -0.3 is 8.83 Å². The summed E-state index contributed by atoms with van der Waals surface area (Å²) in [4.78, 5) is 28.0. The van der Waals surface area contributed by atoms with Crippen molar-refractivity contribution in [2.24, 2.45) is 0 Å². The zero-order valence-corrected chi connectivity index (χ0v) is 25.2. The van der Waals surface area contributed by atoms with E-state index in [0.717, 1.165) is 76.1 Å². The summed E-state index contributed by atoms with van der Waals surface area (Å²) in [6.07, 6.45) is 0. The predicted molar refractivity (Wildman–Crippen MR) is 189 cm³/mol. The molecule has 4 nitrogen and oxygen atoms in total. The molecule has 0 N–H and O–H groups in total. The Morgan fingerprint density at radius 1 is 0.370 bits per heavy atom. The van der Waals surface area contributed by atoms with Gasteiger partial charge in [-0.3, -0.25) is 0 Å². The number of rotatable bonds is 2. The van der Waals surface area contributed by atoms with Crippen LogP contribution in [0.25, 0.3) is 87.3 Å². The molecular formula is C42H26O4. The lowest BCUT2D eigenvalue weighted by molar-refractivity contribution is 0.562. The van der Waals surface area contributed by atoms with E-state index in [1.165, 1.54) is 0 Å². The number of hydrogen-bond acceptors (Lipinski definition) is 4. The minimum Gasteiger partial charge on any atom is -0.422 e. The van der Waals surface area contributed by atoms with Gasteiger partial charge in [-0.15, -0.1) is 0 Å². The zero-order chi connectivity index (χ0) is 31.1. The molecule has 0 aliphatic rings. The normalized spacial score (nSPS) is 11.9. The van der Waals surface area contributed by atoms with Crippen LogP contribution in [-0.4, -0.2) is 0 Å². The van der Waals surface area contributed by atoms with Crippen molar-refractivity contribution < 1.29 is 8.83 Å². The van der Waals surface area contributed by atoms with Crippen molar-refractivity contribution in [3.8, 4) is 22.3 Å². The highest BCUT2D eigenvalue weighted by molar-refractivity contribution is 6.23. The van der Waals surface area contributed by atoms with Crippen molar-refractivity contribution in [1.82, 2.24) is 0 Å². The Morgan fingerprint density at radius 3 is 1.07 bits per heavy atom. The van der Waals surface area contributed by atoms with E-state index in [0.29, 0.717) is 22.3 Å². The van der Waals surface area contributed by atoms with E-state index < -0.39 is 11.3 Å². The molecule has 7 aromatic carbocycles. The van der Waals surface area contributed by atoms with Crippen LogP contribution in [0, 0.1) is 13.8 Å². The average Bonchev–Trinajstić information content (AvgIpc) is 3.08. The third-order valence-corrected chi connectivity index (χ3v) is 9.53. The van der Waals surface area contributed by atoms with Crippen molar-refractivity contribution >= 4 is 65.0 Å². The molecule has 0 aliphatic heterocycles. The van der Waals surface area contributed by atoms with E-state index in [1.807, 2.05) is 111 Å². The van der Waals surface area contributed by atoms with E-state index in [4.69, 9.17) is 8.83 Å². The molecule has 2 aromatic heterocycles. The fraction of sp³-hybridized carbons (Fsp3) is 0.0476. The average molecular weight is 595 g/mol. The maximum atomic E-state index is 14.0. The van der Waals surface area contributed by atoms with Gasteiger partial charge in [-0.2, -0.15) is 0 Å². The molecule has 0 saturated heterocycles. The van der Waals surface area contributed by atoms with E-state index in [1.54, 1.807) is 0 Å². The number of aryl methyl sites for hydroxylation is 2. The van der Waals surface area contributed by atoms with Crippen LogP contribution in [0.3, 0.4) is 0 Å². The van der Waals surface area contributed by atoms with Gasteiger partial charge in [0.25, 0.3) is 0 Å². The van der Waals surface area contributed by atoms with Crippen LogP contribution in [0.5, 0.6) is 0 Å². The van der Waals surface area contributed by atoms with Crippen molar-refractivity contribution in [1.29, 1.82) is 0 Å². The van der Waals surface area contributed by atoms with Gasteiger partial charge in [0.15, 0.2) is 0 Å². The summed E-state index contributed by atoms with van der Waals surface area (Å²) in [6, 6.07) is 40.0. The fourth-order valence-corrected chi connectivity index (χ4v) is 7.55. The highest BCUT2D eigenvalue weighted by atomic mass is 16.4. The van der Waals surface area contributed by atoms with Crippen molar-refractivity contribution in [2.45, 2.75) is 13.8 Å². The van der Waals surface area contributed by atoms with Crippen LogP contribution in [-0.2, 0) is 0 Å². The molecule has 0 atom stereocenters. The summed E-state index contributed by atoms with van der Waals surface area (Å²) in [5.74, 6) is 0. The lowest BCUT2D eigenvalue weighted by atomic mass is 9.83. The molecule has 0 bridgehead atoms. The van der Waals surface area contributed by atoms with Gasteiger partial charge >= 0.3 is 11.3 Å². The second kappa shape index (κ2) is 9.75. The topological polar surface area (TPSA) is 60.4 Å². The molecule has 4 heteroatoms. The smallest absolute Gasteiger partial charge is 0.344 e. The summed E-state index contributed by atoms with van der Waals surface area (Å²) in [6.45, 7) is 4.01. The molecule has 0 radical (unpaired) electrons. The summed E-state index contributed by atoms with van der Waals surface area (Å²) in [5, 5.41) is 9.51. The molecule has 0 unspecified atom stereocenters. The van der Waals surface area contributed by atoms with E-state index in [-0.39, 0.29) is 0 Å². The molecule has 0 aliphatic carbocycles. The van der Waals surface area contributed by atoms with Crippen LogP contribution in [0.15, 0.2) is 140 Å². The maximum Gasteiger partial charge on any atom is 0.344 e. The monoisotopic (exact) mass is 594 g/mol. The van der Waals surface area contributed by atoms with E-state index >= 15 is 0 Å². The summed E-state index contributed by atoms with van der Waals surface area (Å²) in [7, 11) is 0.